The molecule has 1 N–H and O–H groups in total. The number of nitro groups is 1. The molecule has 0 aliphatic carbocycles. The molecule has 1 aromatic heterocycles. The molecule has 1 heterocycles. The second kappa shape index (κ2) is 6.57. The lowest BCUT2D eigenvalue weighted by molar-refractivity contribution is -0.389. The van der Waals surface area contributed by atoms with Gasteiger partial charge in [-0.3, -0.25) is 4.79 Å². The highest BCUT2D eigenvalue weighted by atomic mass is 35.5. The Morgan fingerprint density at radius 3 is 2.55 bits per heavy atom. The molecule has 0 saturated carbocycles. The van der Waals surface area contributed by atoms with Gasteiger partial charge in [0.2, 0.25) is 5.91 Å². The molecule has 22 heavy (non-hydrogen) atoms. The standard InChI is InChI=1S/C14H15ClN4O3/c1-3-10-4-6-11(7-5-10)16-12(20)8-18-9(2)13(15)14(17-18)19(21)22/h4-7H,3,8H2,1-2H3,(H,16,20). The molecular formula is C14H15ClN4O3. The number of amides is 1. The first-order valence-electron chi connectivity index (χ1n) is 6.68. The smallest absolute Gasteiger partial charge is 0.358 e. The Labute approximate surface area is 132 Å². The quantitative estimate of drug-likeness (QED) is 0.677. The summed E-state index contributed by atoms with van der Waals surface area (Å²) in [6.07, 6.45) is 0.920. The van der Waals surface area contributed by atoms with Gasteiger partial charge in [0.15, 0.2) is 5.02 Å². The van der Waals surface area contributed by atoms with Crippen LogP contribution in [0.5, 0.6) is 0 Å². The number of halogens is 1. The Bertz CT molecular complexity index is 710. The molecule has 116 valence electrons. The van der Waals surface area contributed by atoms with Gasteiger partial charge in [0, 0.05) is 5.69 Å². The molecule has 7 nitrogen and oxygen atoms in total. The maximum atomic E-state index is 12.0. The molecule has 0 atom stereocenters. The number of hydrogen-bond donors (Lipinski definition) is 1. The maximum absolute atomic E-state index is 12.0. The Hall–Kier alpha value is -2.41. The van der Waals surface area contributed by atoms with Crippen LogP contribution in [0.3, 0.4) is 0 Å². The minimum atomic E-state index is -0.673. The highest BCUT2D eigenvalue weighted by Gasteiger charge is 2.24. The van der Waals surface area contributed by atoms with E-state index in [0.29, 0.717) is 11.4 Å². The van der Waals surface area contributed by atoms with E-state index in [1.807, 2.05) is 31.2 Å². The van der Waals surface area contributed by atoms with Gasteiger partial charge in [-0.2, -0.15) is 4.68 Å². The number of hydrogen-bond acceptors (Lipinski definition) is 4. The van der Waals surface area contributed by atoms with E-state index in [-0.39, 0.29) is 17.5 Å². The van der Waals surface area contributed by atoms with E-state index in [9.17, 15) is 14.9 Å². The van der Waals surface area contributed by atoms with Crippen LogP contribution in [0, 0.1) is 17.0 Å². The third-order valence-electron chi connectivity index (χ3n) is 3.23. The second-order valence-electron chi connectivity index (χ2n) is 4.74. The highest BCUT2D eigenvalue weighted by molar-refractivity contribution is 6.33. The molecule has 0 bridgehead atoms. The maximum Gasteiger partial charge on any atom is 0.408 e. The van der Waals surface area contributed by atoms with Crippen LogP contribution >= 0.6 is 11.6 Å². The number of benzene rings is 1. The Morgan fingerprint density at radius 2 is 2.05 bits per heavy atom. The summed E-state index contributed by atoms with van der Waals surface area (Å²) < 4.78 is 1.22. The lowest BCUT2D eigenvalue weighted by atomic mass is 10.1. The number of nitrogens with one attached hydrogen (secondary N) is 1. The average Bonchev–Trinajstić information content (AvgIpc) is 2.76. The van der Waals surface area contributed by atoms with Crippen LogP contribution in [-0.2, 0) is 17.8 Å². The molecule has 8 heteroatoms. The van der Waals surface area contributed by atoms with Crippen LogP contribution in [-0.4, -0.2) is 20.6 Å². The minimum Gasteiger partial charge on any atom is -0.358 e. The molecule has 0 spiro atoms. The van der Waals surface area contributed by atoms with Crippen molar-refractivity contribution in [2.75, 3.05) is 5.32 Å². The molecular weight excluding hydrogens is 308 g/mol. The van der Waals surface area contributed by atoms with E-state index < -0.39 is 10.7 Å². The van der Waals surface area contributed by atoms with Gasteiger partial charge in [0.1, 0.15) is 6.54 Å². The van der Waals surface area contributed by atoms with Crippen LogP contribution in [0.15, 0.2) is 24.3 Å². The van der Waals surface area contributed by atoms with Crippen molar-refractivity contribution in [3.05, 3.63) is 50.7 Å². The van der Waals surface area contributed by atoms with Gasteiger partial charge in [0.25, 0.3) is 0 Å². The number of rotatable bonds is 5. The second-order valence-corrected chi connectivity index (χ2v) is 5.11. The SMILES string of the molecule is CCc1ccc(NC(=O)Cn2nc([N+](=O)[O-])c(Cl)c2C)cc1. The van der Waals surface area contributed by atoms with Gasteiger partial charge in [-0.1, -0.05) is 30.7 Å². The van der Waals surface area contributed by atoms with Gasteiger partial charge in [-0.05, 0) is 36.0 Å². The number of carbonyl (C=O) groups is 1. The van der Waals surface area contributed by atoms with Crippen molar-refractivity contribution < 1.29 is 9.72 Å². The lowest BCUT2D eigenvalue weighted by Crippen LogP contribution is -2.20. The zero-order valence-electron chi connectivity index (χ0n) is 12.2. The van der Waals surface area contributed by atoms with Crippen molar-refractivity contribution in [3.63, 3.8) is 0 Å². The third kappa shape index (κ3) is 3.43. The van der Waals surface area contributed by atoms with Crippen molar-refractivity contribution in [2.24, 2.45) is 0 Å². The van der Waals surface area contributed by atoms with Crippen LogP contribution in [0.4, 0.5) is 11.5 Å². The van der Waals surface area contributed by atoms with Crippen LogP contribution in [0.25, 0.3) is 0 Å². The summed E-state index contributed by atoms with van der Waals surface area (Å²) in [6, 6.07) is 7.47. The number of aryl methyl sites for hydroxylation is 1. The Morgan fingerprint density at radius 1 is 1.41 bits per heavy atom. The summed E-state index contributed by atoms with van der Waals surface area (Å²) >= 11 is 5.83. The molecule has 2 rings (SSSR count). The van der Waals surface area contributed by atoms with Gasteiger partial charge >= 0.3 is 5.82 Å². The molecule has 0 unspecified atom stereocenters. The first kappa shape index (κ1) is 16.0. The summed E-state index contributed by atoms with van der Waals surface area (Å²) in [6.45, 7) is 3.48. The molecule has 2 aromatic rings. The van der Waals surface area contributed by atoms with Crippen LogP contribution in [0.1, 0.15) is 18.2 Å². The van der Waals surface area contributed by atoms with Gasteiger partial charge < -0.3 is 15.4 Å². The fourth-order valence-electron chi connectivity index (χ4n) is 1.94. The van der Waals surface area contributed by atoms with Crippen molar-refractivity contribution in [3.8, 4) is 0 Å². The van der Waals surface area contributed by atoms with Gasteiger partial charge in [-0.25, -0.2) is 0 Å². The lowest BCUT2D eigenvalue weighted by Gasteiger charge is -2.05. The largest absolute Gasteiger partial charge is 0.408 e. The van der Waals surface area contributed by atoms with Crippen molar-refractivity contribution in [2.45, 2.75) is 26.8 Å². The van der Waals surface area contributed by atoms with Gasteiger partial charge in [-0.15, -0.1) is 0 Å². The predicted octanol–water partition coefficient (Wildman–Crippen LogP) is 2.95. The van der Waals surface area contributed by atoms with Crippen molar-refractivity contribution in [1.29, 1.82) is 0 Å². The highest BCUT2D eigenvalue weighted by Crippen LogP contribution is 2.26. The van der Waals surface area contributed by atoms with E-state index in [0.717, 1.165) is 6.42 Å². The summed E-state index contributed by atoms with van der Waals surface area (Å²) in [7, 11) is 0. The van der Waals surface area contributed by atoms with Crippen molar-refractivity contribution in [1.82, 2.24) is 9.78 Å². The van der Waals surface area contributed by atoms with E-state index >= 15 is 0 Å². The third-order valence-corrected chi connectivity index (χ3v) is 3.67. The molecule has 1 aromatic carbocycles. The molecule has 0 fully saturated rings. The average molecular weight is 323 g/mol. The molecule has 0 radical (unpaired) electrons. The van der Waals surface area contributed by atoms with Crippen LogP contribution in [0.2, 0.25) is 5.02 Å². The molecule has 0 saturated heterocycles. The van der Waals surface area contributed by atoms with Crippen LogP contribution < -0.4 is 5.32 Å². The molecule has 0 aliphatic rings. The number of aromatic nitrogens is 2. The normalized spacial score (nSPS) is 10.5. The number of anilines is 1. The minimum absolute atomic E-state index is 0.0508. The van der Waals surface area contributed by atoms with E-state index in [1.54, 1.807) is 6.92 Å². The van der Waals surface area contributed by atoms with E-state index in [2.05, 4.69) is 10.4 Å². The molecule has 1 amide bonds. The monoisotopic (exact) mass is 322 g/mol. The number of carbonyl (C=O) groups excluding carboxylic acids is 1. The first-order valence-corrected chi connectivity index (χ1v) is 7.06. The fourth-order valence-corrected chi connectivity index (χ4v) is 2.14. The predicted molar refractivity (Wildman–Crippen MR) is 83.1 cm³/mol. The molecule has 0 aliphatic heterocycles. The zero-order valence-corrected chi connectivity index (χ0v) is 12.9. The summed E-state index contributed by atoms with van der Waals surface area (Å²) in [4.78, 5) is 22.1. The first-order chi connectivity index (χ1) is 10.4. The number of nitrogens with zero attached hydrogens (tertiary/aromatic N) is 3. The fraction of sp³-hybridized carbons (Fsp3) is 0.286. The van der Waals surface area contributed by atoms with Crippen molar-refractivity contribution >= 4 is 29.0 Å². The summed E-state index contributed by atoms with van der Waals surface area (Å²) in [5, 5.41) is 17.2. The summed E-state index contributed by atoms with van der Waals surface area (Å²) in [5.41, 5.74) is 2.21. The zero-order chi connectivity index (χ0) is 16.3. The van der Waals surface area contributed by atoms with E-state index in [1.165, 1.54) is 10.2 Å². The van der Waals surface area contributed by atoms with Gasteiger partial charge in [0.05, 0.1) is 10.8 Å². The topological polar surface area (TPSA) is 90.1 Å². The Kier molecular flexibility index (Phi) is 4.77. The van der Waals surface area contributed by atoms with E-state index in [4.69, 9.17) is 11.6 Å². The Balaban J connectivity index is 2.08. The summed E-state index contributed by atoms with van der Waals surface area (Å²) in [5.74, 6) is -0.777.